The number of amides is 2. The van der Waals surface area contributed by atoms with Gasteiger partial charge < -0.3 is 16.0 Å². The Kier molecular flexibility index (Phi) is 6.82. The van der Waals surface area contributed by atoms with Crippen LogP contribution in [-0.2, 0) is 4.79 Å². The monoisotopic (exact) mass is 379 g/mol. The Bertz CT molecular complexity index is 779. The first-order valence-corrected chi connectivity index (χ1v) is 9.99. The molecular formula is C23H29N3O2. The van der Waals surface area contributed by atoms with Crippen LogP contribution < -0.4 is 11.1 Å². The van der Waals surface area contributed by atoms with Gasteiger partial charge >= 0.3 is 0 Å². The van der Waals surface area contributed by atoms with Gasteiger partial charge in [0.25, 0.3) is 5.91 Å². The Morgan fingerprint density at radius 2 is 1.75 bits per heavy atom. The van der Waals surface area contributed by atoms with Crippen molar-refractivity contribution >= 4 is 11.8 Å². The lowest BCUT2D eigenvalue weighted by Gasteiger charge is -2.38. The fourth-order valence-corrected chi connectivity index (χ4v) is 3.86. The van der Waals surface area contributed by atoms with E-state index in [2.05, 4.69) is 12.2 Å². The van der Waals surface area contributed by atoms with Crippen molar-refractivity contribution in [2.45, 2.75) is 38.3 Å². The van der Waals surface area contributed by atoms with Crippen LogP contribution in [0.1, 0.15) is 48.1 Å². The van der Waals surface area contributed by atoms with Crippen LogP contribution >= 0.6 is 0 Å². The number of nitrogens with zero attached hydrogens (tertiary/aromatic N) is 1. The van der Waals surface area contributed by atoms with E-state index in [1.54, 1.807) is 12.1 Å². The van der Waals surface area contributed by atoms with Gasteiger partial charge in [0.05, 0.1) is 12.5 Å². The number of carbonyl (C=O) groups is 2. The van der Waals surface area contributed by atoms with Crippen molar-refractivity contribution in [3.63, 3.8) is 0 Å². The van der Waals surface area contributed by atoms with Gasteiger partial charge in [-0.3, -0.25) is 9.59 Å². The number of nitrogens with one attached hydrogen (secondary N) is 1. The number of benzene rings is 2. The van der Waals surface area contributed by atoms with Crippen molar-refractivity contribution in [3.8, 4) is 0 Å². The summed E-state index contributed by atoms with van der Waals surface area (Å²) >= 11 is 0. The van der Waals surface area contributed by atoms with Crippen LogP contribution in [0.4, 0.5) is 0 Å². The zero-order chi connectivity index (χ0) is 19.9. The second-order valence-corrected chi connectivity index (χ2v) is 7.61. The summed E-state index contributed by atoms with van der Waals surface area (Å²) in [5.41, 5.74) is 7.44. The summed E-state index contributed by atoms with van der Waals surface area (Å²) in [5, 5.41) is 3.04. The fourth-order valence-electron chi connectivity index (χ4n) is 3.86. The number of nitrogens with two attached hydrogens (primary N) is 1. The van der Waals surface area contributed by atoms with Crippen LogP contribution in [0.15, 0.2) is 60.7 Å². The van der Waals surface area contributed by atoms with Crippen LogP contribution in [0.2, 0.25) is 0 Å². The van der Waals surface area contributed by atoms with Gasteiger partial charge in [0.1, 0.15) is 0 Å². The number of carbonyl (C=O) groups excluding carboxylic acids is 2. The molecule has 3 N–H and O–H groups in total. The summed E-state index contributed by atoms with van der Waals surface area (Å²) in [4.78, 5) is 27.7. The fraction of sp³-hybridized carbons (Fsp3) is 0.391. The van der Waals surface area contributed by atoms with Crippen molar-refractivity contribution in [2.75, 3.05) is 13.1 Å². The van der Waals surface area contributed by atoms with Gasteiger partial charge in [-0.05, 0) is 36.5 Å². The van der Waals surface area contributed by atoms with Crippen LogP contribution in [0.25, 0.3) is 0 Å². The largest absolute Gasteiger partial charge is 0.345 e. The van der Waals surface area contributed by atoms with Gasteiger partial charge in [0.15, 0.2) is 0 Å². The number of likely N-dealkylation sites (tertiary alicyclic amines) is 1. The van der Waals surface area contributed by atoms with E-state index in [9.17, 15) is 9.59 Å². The van der Waals surface area contributed by atoms with E-state index in [0.29, 0.717) is 18.0 Å². The molecule has 1 heterocycles. The average molecular weight is 380 g/mol. The number of hydrogen-bond acceptors (Lipinski definition) is 3. The van der Waals surface area contributed by atoms with E-state index >= 15 is 0 Å². The third-order valence-electron chi connectivity index (χ3n) is 5.49. The number of hydrogen-bond donors (Lipinski definition) is 2. The molecular weight excluding hydrogens is 350 g/mol. The SMILES string of the molecule is CC1CCN(C(=O)CC(NC(=O)c2ccccc2)c2ccccc2)C(CN)C1. The van der Waals surface area contributed by atoms with E-state index in [-0.39, 0.29) is 30.3 Å². The highest BCUT2D eigenvalue weighted by molar-refractivity contribution is 5.94. The lowest BCUT2D eigenvalue weighted by Crippen LogP contribution is -2.50. The third-order valence-corrected chi connectivity index (χ3v) is 5.49. The molecule has 148 valence electrons. The molecule has 28 heavy (non-hydrogen) atoms. The Labute approximate surface area is 166 Å². The maximum Gasteiger partial charge on any atom is 0.251 e. The predicted octanol–water partition coefficient (Wildman–Crippen LogP) is 3.13. The van der Waals surface area contributed by atoms with Crippen molar-refractivity contribution in [2.24, 2.45) is 11.7 Å². The molecule has 2 aromatic rings. The van der Waals surface area contributed by atoms with Crippen molar-refractivity contribution in [1.29, 1.82) is 0 Å². The summed E-state index contributed by atoms with van der Waals surface area (Å²) in [5.74, 6) is 0.453. The molecule has 3 rings (SSSR count). The third kappa shape index (κ3) is 4.98. The van der Waals surface area contributed by atoms with Crippen LogP contribution in [0.5, 0.6) is 0 Å². The summed E-state index contributed by atoms with van der Waals surface area (Å²) in [6, 6.07) is 18.5. The first-order chi connectivity index (χ1) is 13.6. The zero-order valence-corrected chi connectivity index (χ0v) is 16.4. The summed E-state index contributed by atoms with van der Waals surface area (Å²) in [6.45, 7) is 3.41. The molecule has 0 bridgehead atoms. The molecule has 0 radical (unpaired) electrons. The van der Waals surface area contributed by atoms with Crippen LogP contribution in [0.3, 0.4) is 0 Å². The lowest BCUT2D eigenvalue weighted by molar-refractivity contribution is -0.135. The number of rotatable bonds is 6. The molecule has 1 aliphatic rings. The number of piperidine rings is 1. The first-order valence-electron chi connectivity index (χ1n) is 9.99. The van der Waals surface area contributed by atoms with Crippen molar-refractivity contribution in [3.05, 3.63) is 71.8 Å². The summed E-state index contributed by atoms with van der Waals surface area (Å²) in [7, 11) is 0. The minimum Gasteiger partial charge on any atom is -0.345 e. The summed E-state index contributed by atoms with van der Waals surface area (Å²) < 4.78 is 0. The average Bonchev–Trinajstić information content (AvgIpc) is 2.74. The molecule has 3 atom stereocenters. The molecule has 0 aromatic heterocycles. The quantitative estimate of drug-likeness (QED) is 0.810. The molecule has 5 nitrogen and oxygen atoms in total. The molecule has 0 aliphatic carbocycles. The molecule has 2 aromatic carbocycles. The second kappa shape index (κ2) is 9.51. The summed E-state index contributed by atoms with van der Waals surface area (Å²) in [6.07, 6.45) is 2.16. The predicted molar refractivity (Wildman–Crippen MR) is 111 cm³/mol. The maximum absolute atomic E-state index is 13.1. The smallest absolute Gasteiger partial charge is 0.251 e. The van der Waals surface area contributed by atoms with Crippen molar-refractivity contribution < 1.29 is 9.59 Å². The molecule has 5 heteroatoms. The minimum atomic E-state index is -0.376. The zero-order valence-electron chi connectivity index (χ0n) is 16.4. The van der Waals surface area contributed by atoms with Gasteiger partial charge in [-0.1, -0.05) is 55.5 Å². The molecule has 1 saturated heterocycles. The molecule has 1 aliphatic heterocycles. The lowest BCUT2D eigenvalue weighted by atomic mass is 9.91. The topological polar surface area (TPSA) is 75.4 Å². The molecule has 1 fully saturated rings. The highest BCUT2D eigenvalue weighted by atomic mass is 16.2. The Hall–Kier alpha value is -2.66. The Balaban J connectivity index is 1.76. The highest BCUT2D eigenvalue weighted by Gasteiger charge is 2.30. The molecule has 0 saturated carbocycles. The van der Waals surface area contributed by atoms with Gasteiger partial charge in [0.2, 0.25) is 5.91 Å². The van der Waals surface area contributed by atoms with Gasteiger partial charge in [-0.2, -0.15) is 0 Å². The van der Waals surface area contributed by atoms with Gasteiger partial charge in [-0.15, -0.1) is 0 Å². The van der Waals surface area contributed by atoms with Crippen LogP contribution in [0, 0.1) is 5.92 Å². The minimum absolute atomic E-state index is 0.0459. The molecule has 0 spiro atoms. The van der Waals surface area contributed by atoms with E-state index in [1.165, 1.54) is 0 Å². The van der Waals surface area contributed by atoms with E-state index in [4.69, 9.17) is 5.73 Å². The molecule has 2 amide bonds. The van der Waals surface area contributed by atoms with Crippen LogP contribution in [-0.4, -0.2) is 35.8 Å². The first kappa shape index (κ1) is 20.1. The van der Waals surface area contributed by atoms with Gasteiger partial charge in [0, 0.05) is 24.7 Å². The second-order valence-electron chi connectivity index (χ2n) is 7.61. The van der Waals surface area contributed by atoms with E-state index in [1.807, 2.05) is 53.4 Å². The standard InChI is InChI=1S/C23H29N3O2/c1-17-12-13-26(20(14-17)16-24)22(27)15-21(18-8-4-2-5-9-18)25-23(28)19-10-6-3-7-11-19/h2-11,17,20-21H,12-16,24H2,1H3,(H,25,28). The highest BCUT2D eigenvalue weighted by Crippen LogP contribution is 2.25. The normalized spacial score (nSPS) is 20.4. The van der Waals surface area contributed by atoms with Crippen molar-refractivity contribution in [1.82, 2.24) is 10.2 Å². The van der Waals surface area contributed by atoms with E-state index < -0.39 is 0 Å². The molecule has 3 unspecified atom stereocenters. The van der Waals surface area contributed by atoms with Gasteiger partial charge in [-0.25, -0.2) is 0 Å². The Morgan fingerprint density at radius 1 is 1.11 bits per heavy atom. The maximum atomic E-state index is 13.1. The Morgan fingerprint density at radius 3 is 2.39 bits per heavy atom. The van der Waals surface area contributed by atoms with E-state index in [0.717, 1.165) is 24.9 Å².